The van der Waals surface area contributed by atoms with Crippen LogP contribution in [0.4, 0.5) is 0 Å². The van der Waals surface area contributed by atoms with Gasteiger partial charge in [-0.05, 0) is 47.7 Å². The maximum atomic E-state index is 12.6. The van der Waals surface area contributed by atoms with Crippen molar-refractivity contribution in [3.63, 3.8) is 0 Å². The van der Waals surface area contributed by atoms with Crippen molar-refractivity contribution in [1.29, 1.82) is 5.26 Å². The molecule has 0 saturated heterocycles. The second-order valence-electron chi connectivity index (χ2n) is 7.40. The molecule has 8 heteroatoms. The predicted molar refractivity (Wildman–Crippen MR) is 118 cm³/mol. The highest BCUT2D eigenvalue weighted by Crippen LogP contribution is 2.30. The van der Waals surface area contributed by atoms with Crippen LogP contribution in [0, 0.1) is 17.2 Å². The van der Waals surface area contributed by atoms with Crippen LogP contribution in [0.1, 0.15) is 37.5 Å². The zero-order valence-electron chi connectivity index (χ0n) is 17.1. The van der Waals surface area contributed by atoms with Crippen LogP contribution in [-0.2, 0) is 19.4 Å². The molecule has 0 saturated carbocycles. The van der Waals surface area contributed by atoms with E-state index >= 15 is 0 Å². The Bertz CT molecular complexity index is 997. The molecule has 0 bridgehead atoms. The minimum Gasteiger partial charge on any atom is -0.356 e. The van der Waals surface area contributed by atoms with Gasteiger partial charge >= 0.3 is 0 Å². The minimum atomic E-state index is -3.32. The van der Waals surface area contributed by atoms with E-state index in [1.807, 2.05) is 44.2 Å². The van der Waals surface area contributed by atoms with Gasteiger partial charge in [-0.3, -0.25) is 4.79 Å². The molecule has 0 fully saturated rings. The second kappa shape index (κ2) is 10.7. The fourth-order valence-electron chi connectivity index (χ4n) is 2.93. The molecule has 0 heterocycles. The molecular formula is C22H25BrN2O4S. The number of halogens is 1. The Morgan fingerprint density at radius 3 is 2.10 bits per heavy atom. The van der Waals surface area contributed by atoms with E-state index in [9.17, 15) is 13.2 Å². The number of benzene rings is 2. The zero-order chi connectivity index (χ0) is 22.3. The number of carbonyl (C=O) groups is 1. The number of hydrogen-bond donors (Lipinski definition) is 1. The number of hydrogen-bond acceptors (Lipinski definition) is 5. The summed E-state index contributed by atoms with van der Waals surface area (Å²) in [6.07, 6.45) is 0.291. The van der Waals surface area contributed by atoms with Crippen LogP contribution in [0.2, 0.25) is 0 Å². The molecule has 6 nitrogen and oxygen atoms in total. The van der Waals surface area contributed by atoms with Crippen molar-refractivity contribution in [3.05, 3.63) is 64.1 Å². The van der Waals surface area contributed by atoms with Crippen LogP contribution in [0.25, 0.3) is 0 Å². The van der Waals surface area contributed by atoms with Gasteiger partial charge in [-0.25, -0.2) is 8.42 Å². The molecule has 1 unspecified atom stereocenters. The molecule has 2 aromatic carbocycles. The fraction of sp³-hybridized carbons (Fsp3) is 0.364. The Morgan fingerprint density at radius 2 is 1.63 bits per heavy atom. The average molecular weight is 493 g/mol. The minimum absolute atomic E-state index is 0.0944. The molecule has 1 amide bonds. The summed E-state index contributed by atoms with van der Waals surface area (Å²) in [7, 11) is -3.32. The van der Waals surface area contributed by atoms with Crippen LogP contribution < -0.4 is 5.32 Å². The molecule has 0 aliphatic rings. The van der Waals surface area contributed by atoms with Crippen LogP contribution in [0.15, 0.2) is 57.9 Å². The standard InChI is InChI=1S/C22H25BrN2O4S/c1-15(2)14-20(22(26)25-13-12-24)29-21(16-4-8-18(23)9-5-16)17-6-10-19(11-7-17)30(3,27)28/h4-11,15,20-21H,13-14H2,1-3H3,(H,25,26)/t20-,21?/m0/s1. The normalized spacial score (nSPS) is 13.5. The molecular weight excluding hydrogens is 468 g/mol. The molecule has 0 radical (unpaired) electrons. The van der Waals surface area contributed by atoms with Gasteiger partial charge in [0, 0.05) is 10.7 Å². The van der Waals surface area contributed by atoms with E-state index in [4.69, 9.17) is 10.00 Å². The summed E-state index contributed by atoms with van der Waals surface area (Å²) in [5.41, 5.74) is 1.55. The fourth-order valence-corrected chi connectivity index (χ4v) is 3.83. The molecule has 2 aromatic rings. The van der Waals surface area contributed by atoms with Gasteiger partial charge in [0.05, 0.1) is 11.0 Å². The summed E-state index contributed by atoms with van der Waals surface area (Å²) in [4.78, 5) is 12.8. The molecule has 30 heavy (non-hydrogen) atoms. The Morgan fingerprint density at radius 1 is 1.10 bits per heavy atom. The van der Waals surface area contributed by atoms with Gasteiger partial charge in [0.25, 0.3) is 0 Å². The molecule has 2 atom stereocenters. The van der Waals surface area contributed by atoms with Gasteiger partial charge in [0.15, 0.2) is 9.84 Å². The summed E-state index contributed by atoms with van der Waals surface area (Å²) < 4.78 is 30.8. The smallest absolute Gasteiger partial charge is 0.250 e. The van der Waals surface area contributed by atoms with Gasteiger partial charge in [0.2, 0.25) is 5.91 Å². The van der Waals surface area contributed by atoms with Gasteiger partial charge in [0.1, 0.15) is 18.8 Å². The first kappa shape index (κ1) is 24.1. The van der Waals surface area contributed by atoms with Gasteiger partial charge < -0.3 is 10.1 Å². The number of ether oxygens (including phenoxy) is 1. The van der Waals surface area contributed by atoms with Crippen molar-refractivity contribution in [1.82, 2.24) is 5.32 Å². The third-order valence-corrected chi connectivity index (χ3v) is 6.06. The van der Waals surface area contributed by atoms with Crippen molar-refractivity contribution < 1.29 is 17.9 Å². The topological polar surface area (TPSA) is 96.3 Å². The Labute approximate surface area is 186 Å². The maximum absolute atomic E-state index is 12.6. The monoisotopic (exact) mass is 492 g/mol. The molecule has 0 aliphatic heterocycles. The van der Waals surface area contributed by atoms with E-state index in [-0.39, 0.29) is 23.3 Å². The number of nitrogens with zero attached hydrogens (tertiary/aromatic N) is 1. The highest BCUT2D eigenvalue weighted by atomic mass is 79.9. The number of rotatable bonds is 9. The SMILES string of the molecule is CC(C)C[C@H](OC(c1ccc(Br)cc1)c1ccc(S(C)(=O)=O)cc1)C(=O)NCC#N. The highest BCUT2D eigenvalue weighted by Gasteiger charge is 2.26. The molecule has 0 spiro atoms. The van der Waals surface area contributed by atoms with Crippen molar-refractivity contribution in [2.45, 2.75) is 37.4 Å². The molecule has 0 aromatic heterocycles. The first-order chi connectivity index (χ1) is 14.1. The summed E-state index contributed by atoms with van der Waals surface area (Å²) in [5.74, 6) is -0.152. The first-order valence-electron chi connectivity index (χ1n) is 9.47. The Hall–Kier alpha value is -2.21. The first-order valence-corrected chi connectivity index (χ1v) is 12.2. The van der Waals surface area contributed by atoms with E-state index in [1.165, 1.54) is 12.1 Å². The Balaban J connectivity index is 2.42. The summed E-state index contributed by atoms with van der Waals surface area (Å²) in [5, 5.41) is 11.3. The van der Waals surface area contributed by atoms with Gasteiger partial charge in [-0.15, -0.1) is 0 Å². The molecule has 2 rings (SSSR count). The lowest BCUT2D eigenvalue weighted by molar-refractivity contribution is -0.136. The number of carbonyl (C=O) groups excluding carboxylic acids is 1. The summed E-state index contributed by atoms with van der Waals surface area (Å²) in [6, 6.07) is 15.9. The number of nitrogens with one attached hydrogen (secondary N) is 1. The molecule has 1 N–H and O–H groups in total. The number of sulfone groups is 1. The lowest BCUT2D eigenvalue weighted by atomic mass is 9.99. The maximum Gasteiger partial charge on any atom is 0.250 e. The summed E-state index contributed by atoms with van der Waals surface area (Å²) in [6.45, 7) is 3.88. The van der Waals surface area contributed by atoms with Crippen LogP contribution in [-0.4, -0.2) is 33.2 Å². The number of amides is 1. The van der Waals surface area contributed by atoms with E-state index in [2.05, 4.69) is 21.2 Å². The van der Waals surface area contributed by atoms with Crippen molar-refractivity contribution in [2.24, 2.45) is 5.92 Å². The lowest BCUT2D eigenvalue weighted by Crippen LogP contribution is -2.38. The van der Waals surface area contributed by atoms with Crippen LogP contribution in [0.5, 0.6) is 0 Å². The number of nitriles is 1. The predicted octanol–water partition coefficient (Wildman–Crippen LogP) is 4.01. The van der Waals surface area contributed by atoms with E-state index < -0.39 is 22.0 Å². The van der Waals surface area contributed by atoms with Crippen molar-refractivity contribution in [2.75, 3.05) is 12.8 Å². The van der Waals surface area contributed by atoms with Crippen LogP contribution >= 0.6 is 15.9 Å². The molecule has 0 aliphatic carbocycles. The van der Waals surface area contributed by atoms with Gasteiger partial charge in [-0.1, -0.05) is 54.0 Å². The van der Waals surface area contributed by atoms with Crippen molar-refractivity contribution in [3.8, 4) is 6.07 Å². The third-order valence-electron chi connectivity index (χ3n) is 4.40. The van der Waals surface area contributed by atoms with E-state index in [1.54, 1.807) is 12.1 Å². The quantitative estimate of drug-likeness (QED) is 0.533. The third kappa shape index (κ3) is 6.94. The Kier molecular flexibility index (Phi) is 8.59. The largest absolute Gasteiger partial charge is 0.356 e. The van der Waals surface area contributed by atoms with E-state index in [0.29, 0.717) is 6.42 Å². The second-order valence-corrected chi connectivity index (χ2v) is 10.3. The van der Waals surface area contributed by atoms with E-state index in [0.717, 1.165) is 21.9 Å². The van der Waals surface area contributed by atoms with Crippen molar-refractivity contribution >= 4 is 31.7 Å². The average Bonchev–Trinajstić information content (AvgIpc) is 2.69. The lowest BCUT2D eigenvalue weighted by Gasteiger charge is -2.26. The van der Waals surface area contributed by atoms with Gasteiger partial charge in [-0.2, -0.15) is 5.26 Å². The highest BCUT2D eigenvalue weighted by molar-refractivity contribution is 9.10. The van der Waals surface area contributed by atoms with Crippen LogP contribution in [0.3, 0.4) is 0 Å². The molecule has 160 valence electrons. The summed E-state index contributed by atoms with van der Waals surface area (Å²) >= 11 is 3.42. The zero-order valence-corrected chi connectivity index (χ0v) is 19.5.